The smallest absolute Gasteiger partial charge is 0.348 e. The van der Waals surface area contributed by atoms with Gasteiger partial charge in [0.15, 0.2) is 0 Å². The summed E-state index contributed by atoms with van der Waals surface area (Å²) in [5.74, 6) is -0.523. The zero-order chi connectivity index (χ0) is 40.5. The molecule has 0 aliphatic carbocycles. The molecule has 2 atom stereocenters. The van der Waals surface area contributed by atoms with Crippen LogP contribution in [0.3, 0.4) is 0 Å². The van der Waals surface area contributed by atoms with Gasteiger partial charge >= 0.3 is 5.97 Å². The molecule has 5 aromatic carbocycles. The third-order valence-corrected chi connectivity index (χ3v) is 10.5. The molecule has 1 aliphatic heterocycles. The van der Waals surface area contributed by atoms with Crippen LogP contribution in [0.1, 0.15) is 63.5 Å². The number of aromatic nitrogens is 1. The number of aryl methyl sites for hydroxylation is 1. The molecule has 5 N–H and O–H groups in total. The summed E-state index contributed by atoms with van der Waals surface area (Å²) in [5.41, 5.74) is 2.04. The molecular formula is C47H49N3O8S. The highest BCUT2D eigenvalue weighted by Crippen LogP contribution is 2.35. The van der Waals surface area contributed by atoms with Gasteiger partial charge in [0.05, 0.1) is 18.2 Å². The zero-order valence-corrected chi connectivity index (χ0v) is 33.6. The maximum atomic E-state index is 13.7. The van der Waals surface area contributed by atoms with E-state index in [0.29, 0.717) is 90.8 Å². The van der Waals surface area contributed by atoms with Crippen molar-refractivity contribution in [2.24, 2.45) is 0 Å². The van der Waals surface area contributed by atoms with Crippen molar-refractivity contribution in [1.29, 1.82) is 0 Å². The van der Waals surface area contributed by atoms with Crippen LogP contribution in [0, 0.1) is 0 Å². The molecule has 0 radical (unpaired) electrons. The van der Waals surface area contributed by atoms with Gasteiger partial charge in [-0.05, 0) is 84.3 Å². The number of esters is 1. The monoisotopic (exact) mass is 815 g/mol. The first-order valence-electron chi connectivity index (χ1n) is 19.6. The summed E-state index contributed by atoms with van der Waals surface area (Å²) in [4.78, 5) is 43.1. The Hall–Kier alpha value is -5.92. The predicted octanol–water partition coefficient (Wildman–Crippen LogP) is 6.27. The normalized spacial score (nSPS) is 14.3. The van der Waals surface area contributed by atoms with Gasteiger partial charge in [-0.15, -0.1) is 0 Å². The van der Waals surface area contributed by atoms with Crippen molar-refractivity contribution in [3.63, 3.8) is 0 Å². The van der Waals surface area contributed by atoms with Crippen molar-refractivity contribution >= 4 is 36.3 Å². The fraction of sp³-hybridized carbons (Fsp3) is 0.255. The average molecular weight is 816 g/mol. The number of carbonyl (C=O) groups is 2. The first-order chi connectivity index (χ1) is 28.2. The van der Waals surface area contributed by atoms with Crippen LogP contribution in [-0.2, 0) is 28.1 Å². The van der Waals surface area contributed by atoms with E-state index in [1.54, 1.807) is 72.8 Å². The van der Waals surface area contributed by atoms with Gasteiger partial charge in [0.2, 0.25) is 11.2 Å². The lowest BCUT2D eigenvalue weighted by Gasteiger charge is -2.40. The summed E-state index contributed by atoms with van der Waals surface area (Å²) < 4.78 is 11.9. The van der Waals surface area contributed by atoms with Crippen molar-refractivity contribution < 1.29 is 34.4 Å². The molecule has 1 amide bonds. The van der Waals surface area contributed by atoms with Gasteiger partial charge in [0.1, 0.15) is 17.6 Å². The molecule has 306 valence electrons. The Bertz CT molecular complexity index is 2390. The van der Waals surface area contributed by atoms with E-state index in [9.17, 15) is 29.7 Å². The Balaban J connectivity index is 0.00000585. The largest absolute Gasteiger partial charge is 0.506 e. The van der Waals surface area contributed by atoms with Gasteiger partial charge < -0.3 is 35.1 Å². The number of benzene rings is 5. The summed E-state index contributed by atoms with van der Waals surface area (Å²) in [6, 6.07) is 39.2. The number of likely N-dealkylation sites (tertiary alicyclic amines) is 1. The van der Waals surface area contributed by atoms with Gasteiger partial charge in [-0.25, -0.2) is 4.79 Å². The molecular weight excluding hydrogens is 767 g/mol. The van der Waals surface area contributed by atoms with Crippen molar-refractivity contribution in [1.82, 2.24) is 15.2 Å². The Morgan fingerprint density at radius 1 is 0.831 bits per heavy atom. The molecule has 6 aromatic rings. The Morgan fingerprint density at radius 3 is 2.29 bits per heavy atom. The van der Waals surface area contributed by atoms with Crippen LogP contribution < -0.4 is 15.6 Å². The maximum absolute atomic E-state index is 13.7. The van der Waals surface area contributed by atoms with Crippen LogP contribution in [0.15, 0.2) is 138 Å². The minimum atomic E-state index is -2.04. The summed E-state index contributed by atoms with van der Waals surface area (Å²) in [6.45, 7) is 2.59. The number of aliphatic hydroxyl groups excluding tert-OH is 1. The summed E-state index contributed by atoms with van der Waals surface area (Å²) in [6.07, 6.45) is 1.27. The predicted molar refractivity (Wildman–Crippen MR) is 231 cm³/mol. The fourth-order valence-electron chi connectivity index (χ4n) is 7.29. The number of fused-ring (bicyclic) bond motifs is 1. The Kier molecular flexibility index (Phi) is 14.2. The molecule has 1 aromatic heterocycles. The van der Waals surface area contributed by atoms with E-state index < -0.39 is 17.7 Å². The standard InChI is InChI=1S/C47H47N3O8.H2S/c51-41(39-22-24-42(52)44-40(39)23-25-43(53)49-44)17-7-12-32-18-20-34(21-19-32)45(54)48-26-9-27-57-37-16-8-15-36(28-37)47(56,35-13-5-2-6-14-35)46(55)58-38-30-50(31-38)29-33-10-3-1-4-11-33;/h1-6,8,10-11,13-16,18-25,28,38,41,51-52,56H,7,9,12,17,26-27,29-31H2,(H,48,54)(H,49,53);1H2/t41-,47-;/m0./s1. The number of ether oxygens (including phenoxy) is 2. The molecule has 2 heterocycles. The summed E-state index contributed by atoms with van der Waals surface area (Å²) in [5, 5.41) is 36.6. The van der Waals surface area contributed by atoms with Crippen molar-refractivity contribution in [2.75, 3.05) is 26.2 Å². The maximum Gasteiger partial charge on any atom is 0.348 e. The van der Waals surface area contributed by atoms with Gasteiger partial charge in [-0.1, -0.05) is 91.0 Å². The number of aromatic amines is 1. The van der Waals surface area contributed by atoms with E-state index in [1.165, 1.54) is 17.7 Å². The van der Waals surface area contributed by atoms with E-state index in [1.807, 2.05) is 36.4 Å². The quantitative estimate of drug-likeness (QED) is 0.0529. The Morgan fingerprint density at radius 2 is 1.54 bits per heavy atom. The van der Waals surface area contributed by atoms with Gasteiger partial charge in [0, 0.05) is 48.8 Å². The molecule has 1 fully saturated rings. The second kappa shape index (κ2) is 19.7. The molecule has 1 aliphatic rings. The lowest BCUT2D eigenvalue weighted by molar-refractivity contribution is -0.176. The number of nitrogens with one attached hydrogen (secondary N) is 2. The number of aliphatic hydroxyl groups is 2. The molecule has 0 unspecified atom stereocenters. The number of H-pyrrole nitrogens is 1. The average Bonchev–Trinajstić information content (AvgIpc) is 3.23. The third kappa shape index (κ3) is 10.4. The fourth-order valence-corrected chi connectivity index (χ4v) is 7.29. The van der Waals surface area contributed by atoms with E-state index in [-0.39, 0.29) is 36.8 Å². The Labute approximate surface area is 349 Å². The number of hydrogen-bond acceptors (Lipinski definition) is 9. The highest BCUT2D eigenvalue weighted by Gasteiger charge is 2.44. The number of hydrogen-bond donors (Lipinski definition) is 5. The van der Waals surface area contributed by atoms with Crippen LogP contribution >= 0.6 is 13.5 Å². The molecule has 12 heteroatoms. The summed E-state index contributed by atoms with van der Waals surface area (Å²) in [7, 11) is 0. The highest BCUT2D eigenvalue weighted by atomic mass is 32.1. The second-order valence-corrected chi connectivity index (χ2v) is 14.7. The molecule has 7 rings (SSSR count). The molecule has 0 bridgehead atoms. The molecule has 59 heavy (non-hydrogen) atoms. The third-order valence-electron chi connectivity index (χ3n) is 10.5. The van der Waals surface area contributed by atoms with Crippen LogP contribution in [0.4, 0.5) is 0 Å². The molecule has 0 saturated carbocycles. The topological polar surface area (TPSA) is 161 Å². The van der Waals surface area contributed by atoms with Crippen LogP contribution in [0.25, 0.3) is 10.9 Å². The second-order valence-electron chi connectivity index (χ2n) is 14.7. The first kappa shape index (κ1) is 42.7. The number of rotatable bonds is 17. The number of nitrogens with zero attached hydrogens (tertiary/aromatic N) is 1. The number of carbonyl (C=O) groups excluding carboxylic acids is 2. The lowest BCUT2D eigenvalue weighted by Crippen LogP contribution is -2.54. The van der Waals surface area contributed by atoms with E-state index >= 15 is 0 Å². The SMILES string of the molecule is O=C(NCCCOc1cccc([C@](O)(C(=O)OC2CN(Cc3ccccc3)C2)c2ccccc2)c1)c1ccc(CCC[C@H](O)c2ccc(O)c3[nH]c(=O)ccc23)cc1.S. The number of aromatic hydroxyl groups is 1. The van der Waals surface area contributed by atoms with E-state index in [0.717, 1.165) is 12.1 Å². The van der Waals surface area contributed by atoms with Crippen molar-refractivity contribution in [3.05, 3.63) is 177 Å². The molecule has 11 nitrogen and oxygen atoms in total. The molecule has 1 saturated heterocycles. The zero-order valence-electron chi connectivity index (χ0n) is 32.6. The van der Waals surface area contributed by atoms with Crippen molar-refractivity contribution in [2.45, 2.75) is 50.0 Å². The minimum absolute atomic E-state index is 0. The highest BCUT2D eigenvalue weighted by molar-refractivity contribution is 7.59. The van der Waals surface area contributed by atoms with E-state index in [4.69, 9.17) is 9.47 Å². The van der Waals surface area contributed by atoms with Crippen LogP contribution in [-0.4, -0.2) is 69.4 Å². The van der Waals surface area contributed by atoms with Crippen LogP contribution in [0.5, 0.6) is 11.5 Å². The minimum Gasteiger partial charge on any atom is -0.506 e. The van der Waals surface area contributed by atoms with Gasteiger partial charge in [-0.3, -0.25) is 14.5 Å². The van der Waals surface area contributed by atoms with E-state index in [2.05, 4.69) is 27.3 Å². The van der Waals surface area contributed by atoms with Crippen LogP contribution in [0.2, 0.25) is 0 Å². The summed E-state index contributed by atoms with van der Waals surface area (Å²) >= 11 is 0. The first-order valence-corrected chi connectivity index (χ1v) is 19.6. The van der Waals surface area contributed by atoms with Crippen molar-refractivity contribution in [3.8, 4) is 11.5 Å². The lowest BCUT2D eigenvalue weighted by atomic mass is 9.86. The number of phenols is 1. The van der Waals surface area contributed by atoms with Gasteiger partial charge in [0.25, 0.3) is 5.91 Å². The van der Waals surface area contributed by atoms with Gasteiger partial charge in [-0.2, -0.15) is 13.5 Å². The molecule has 0 spiro atoms. The number of phenolic OH excluding ortho intramolecular Hbond substituents is 1. The number of amides is 1. The number of pyridine rings is 1.